The molecular weight excluding hydrogens is 434 g/mol. The van der Waals surface area contributed by atoms with Crippen LogP contribution in [-0.4, -0.2) is 36.3 Å². The van der Waals surface area contributed by atoms with Gasteiger partial charge >= 0.3 is 23.1 Å². The van der Waals surface area contributed by atoms with E-state index in [4.69, 9.17) is 4.74 Å². The molecule has 0 saturated carbocycles. The number of fused-ring (bicyclic) bond motifs is 1. The number of ether oxygens (including phenoxy) is 2. The van der Waals surface area contributed by atoms with Crippen molar-refractivity contribution < 1.29 is 55.2 Å². The van der Waals surface area contributed by atoms with Crippen LogP contribution in [0.25, 0.3) is 10.8 Å². The molecule has 0 aliphatic carbocycles. The third kappa shape index (κ3) is 5.04. The highest BCUT2D eigenvalue weighted by Gasteiger charge is 2.79. The first kappa shape index (κ1) is 23.1. The fourth-order valence-corrected chi connectivity index (χ4v) is 2.68. The number of carbonyl (C=O) groups is 1. The molecule has 0 amide bonds. The summed E-state index contributed by atoms with van der Waals surface area (Å²) in [5, 5.41) is 13.9. The number of esters is 1. The zero-order chi connectivity index (χ0) is 21.7. The molecule has 0 radical (unpaired) electrons. The lowest BCUT2D eigenvalue weighted by molar-refractivity contribution is -0.777. The largest absolute Gasteiger partial charge is 0.691 e. The van der Waals surface area contributed by atoms with Gasteiger partial charge in [0.05, 0.1) is 12.0 Å². The second kappa shape index (κ2) is 9.07. The Hall–Kier alpha value is -2.22. The average molecular weight is 445 g/mol. The van der Waals surface area contributed by atoms with Crippen LogP contribution in [0.15, 0.2) is 42.5 Å². The summed E-state index contributed by atoms with van der Waals surface area (Å²) in [6, 6.07) is 11.9. The van der Waals surface area contributed by atoms with E-state index in [-0.39, 0.29) is 5.75 Å². The highest BCUT2D eigenvalue weighted by molar-refractivity contribution is 7.96. The molecule has 0 saturated heterocycles. The SMILES string of the molecule is O=C(OCCOc1ccc2ccccc2c1)C(SOO[O-])(C(F)(F)F)C(F)(F)F. The number of benzene rings is 2. The van der Waals surface area contributed by atoms with E-state index in [1.807, 2.05) is 6.07 Å². The molecule has 0 atom stereocenters. The van der Waals surface area contributed by atoms with Gasteiger partial charge in [-0.3, -0.25) is 5.04 Å². The fourth-order valence-electron chi connectivity index (χ4n) is 2.24. The molecule has 0 aromatic heterocycles. The molecule has 0 bridgehead atoms. The maximum Gasteiger partial charge on any atom is 0.425 e. The summed E-state index contributed by atoms with van der Waals surface area (Å²) in [4.78, 5) is 11.7. The van der Waals surface area contributed by atoms with Crippen molar-refractivity contribution in [2.45, 2.75) is 17.1 Å². The van der Waals surface area contributed by atoms with Gasteiger partial charge in [0.15, 0.2) is 0 Å². The second-order valence-corrected chi connectivity index (χ2v) is 6.30. The van der Waals surface area contributed by atoms with E-state index < -0.39 is 48.3 Å². The minimum atomic E-state index is -6.20. The van der Waals surface area contributed by atoms with Gasteiger partial charge in [-0.1, -0.05) is 30.3 Å². The first-order valence-electron chi connectivity index (χ1n) is 7.59. The summed E-state index contributed by atoms with van der Waals surface area (Å²) in [7, 11) is 0. The minimum Gasteiger partial charge on any atom is -0.691 e. The van der Waals surface area contributed by atoms with Gasteiger partial charge in [0.25, 0.3) is 0 Å². The number of rotatable bonds is 8. The molecule has 0 aliphatic rings. The zero-order valence-electron chi connectivity index (χ0n) is 14.1. The number of halogens is 6. The first-order chi connectivity index (χ1) is 13.5. The summed E-state index contributed by atoms with van der Waals surface area (Å²) in [6.07, 6.45) is -12.4. The zero-order valence-corrected chi connectivity index (χ0v) is 14.9. The maximum atomic E-state index is 13.1. The first-order valence-corrected chi connectivity index (χ1v) is 8.33. The van der Waals surface area contributed by atoms with E-state index in [0.29, 0.717) is 0 Å². The molecule has 0 unspecified atom stereocenters. The molecule has 0 heterocycles. The van der Waals surface area contributed by atoms with Crippen LogP contribution >= 0.6 is 12.0 Å². The minimum absolute atomic E-state index is 0.259. The van der Waals surface area contributed by atoms with Crippen molar-refractivity contribution in [3.05, 3.63) is 42.5 Å². The third-order valence-electron chi connectivity index (χ3n) is 3.58. The number of carbonyl (C=O) groups excluding carboxylic acids is 1. The topological polar surface area (TPSA) is 77.1 Å². The average Bonchev–Trinajstić information content (AvgIpc) is 2.63. The Morgan fingerprint density at radius 3 is 2.14 bits per heavy atom. The van der Waals surface area contributed by atoms with E-state index >= 15 is 0 Å². The van der Waals surface area contributed by atoms with E-state index in [1.165, 1.54) is 6.07 Å². The summed E-state index contributed by atoms with van der Waals surface area (Å²) < 4.78 is 85.6. The lowest BCUT2D eigenvalue weighted by Gasteiger charge is -2.32. The van der Waals surface area contributed by atoms with Gasteiger partial charge in [0.1, 0.15) is 19.0 Å². The smallest absolute Gasteiger partial charge is 0.425 e. The van der Waals surface area contributed by atoms with Gasteiger partial charge in [-0.25, -0.2) is 4.79 Å². The lowest BCUT2D eigenvalue weighted by Crippen LogP contribution is -2.60. The van der Waals surface area contributed by atoms with Crippen LogP contribution in [0.1, 0.15) is 0 Å². The van der Waals surface area contributed by atoms with E-state index in [1.54, 1.807) is 30.3 Å². The van der Waals surface area contributed by atoms with E-state index in [0.717, 1.165) is 10.8 Å². The monoisotopic (exact) mass is 445 g/mol. The van der Waals surface area contributed by atoms with E-state index in [2.05, 4.69) is 14.1 Å². The molecule has 160 valence electrons. The predicted molar refractivity (Wildman–Crippen MR) is 85.0 cm³/mol. The number of alkyl halides is 6. The molecule has 0 spiro atoms. The van der Waals surface area contributed by atoms with Crippen LogP contribution in [0, 0.1) is 0 Å². The molecule has 2 aromatic rings. The maximum absolute atomic E-state index is 13.1. The molecular formula is C16H11F6O6S-. The Balaban J connectivity index is 2.05. The molecule has 13 heteroatoms. The van der Waals surface area contributed by atoms with E-state index in [9.17, 15) is 36.4 Å². The lowest BCUT2D eigenvalue weighted by atomic mass is 10.1. The van der Waals surface area contributed by atoms with Crippen LogP contribution in [0.2, 0.25) is 0 Å². The van der Waals surface area contributed by atoms with Crippen LogP contribution in [0.5, 0.6) is 5.75 Å². The molecule has 29 heavy (non-hydrogen) atoms. The quantitative estimate of drug-likeness (QED) is 0.154. The highest BCUT2D eigenvalue weighted by Crippen LogP contribution is 2.53. The Morgan fingerprint density at radius 2 is 1.55 bits per heavy atom. The number of hydrogen-bond acceptors (Lipinski definition) is 7. The molecule has 0 fully saturated rings. The van der Waals surface area contributed by atoms with Crippen LogP contribution in [0.3, 0.4) is 0 Å². The van der Waals surface area contributed by atoms with Crippen molar-refractivity contribution in [2.75, 3.05) is 13.2 Å². The molecule has 2 aromatic carbocycles. The standard InChI is InChI=1S/C16H12F6O6S/c17-15(18,19)14(16(20,21)22,29-28-27-24)13(23)26-8-7-25-12-6-5-10-3-1-2-4-11(10)9-12/h1-6,9,24H,7-8H2/p-1. The van der Waals surface area contributed by atoms with Crippen molar-refractivity contribution in [3.8, 4) is 5.75 Å². The van der Waals surface area contributed by atoms with Gasteiger partial charge in [-0.05, 0) is 22.9 Å². The van der Waals surface area contributed by atoms with Gasteiger partial charge in [0, 0.05) is 0 Å². The summed E-state index contributed by atoms with van der Waals surface area (Å²) >= 11 is -1.55. The van der Waals surface area contributed by atoms with Crippen LogP contribution in [-0.2, 0) is 18.9 Å². The Labute approximate surface area is 163 Å². The Kier molecular flexibility index (Phi) is 7.21. The van der Waals surface area contributed by atoms with Crippen molar-refractivity contribution in [1.29, 1.82) is 0 Å². The fraction of sp³-hybridized carbons (Fsp3) is 0.312. The van der Waals surface area contributed by atoms with Gasteiger partial charge in [-0.2, -0.15) is 30.7 Å². The van der Waals surface area contributed by atoms with Crippen LogP contribution in [0.4, 0.5) is 26.3 Å². The van der Waals surface area contributed by atoms with Crippen molar-refractivity contribution in [3.63, 3.8) is 0 Å². The Bertz CT molecular complexity index is 826. The van der Waals surface area contributed by atoms with Gasteiger partial charge < -0.3 is 14.7 Å². The van der Waals surface area contributed by atoms with Crippen molar-refractivity contribution >= 4 is 28.8 Å². The summed E-state index contributed by atoms with van der Waals surface area (Å²) in [5.41, 5.74) is 0. The Morgan fingerprint density at radius 1 is 0.931 bits per heavy atom. The van der Waals surface area contributed by atoms with Gasteiger partial charge in [-0.15, -0.1) is 0 Å². The molecule has 2 rings (SSSR count). The second-order valence-electron chi connectivity index (χ2n) is 5.39. The highest BCUT2D eigenvalue weighted by atomic mass is 32.2. The summed E-state index contributed by atoms with van der Waals surface area (Å²) in [5.74, 6) is -2.48. The predicted octanol–water partition coefficient (Wildman–Crippen LogP) is 3.50. The molecule has 0 N–H and O–H groups in total. The summed E-state index contributed by atoms with van der Waals surface area (Å²) in [6.45, 7) is -1.46. The van der Waals surface area contributed by atoms with Crippen LogP contribution < -0.4 is 9.99 Å². The van der Waals surface area contributed by atoms with Gasteiger partial charge in [0.2, 0.25) is 0 Å². The van der Waals surface area contributed by atoms with Crippen molar-refractivity contribution in [1.82, 2.24) is 0 Å². The molecule has 6 nitrogen and oxygen atoms in total. The van der Waals surface area contributed by atoms with Crippen molar-refractivity contribution in [2.24, 2.45) is 0 Å². The normalized spacial score (nSPS) is 12.8. The third-order valence-corrected chi connectivity index (χ3v) is 4.58. The number of hydrogen-bond donors (Lipinski definition) is 0. The molecule has 0 aliphatic heterocycles.